The lowest BCUT2D eigenvalue weighted by molar-refractivity contribution is 0.430. The lowest BCUT2D eigenvalue weighted by Gasteiger charge is -2.15. The Hall–Kier alpha value is -0.900. The predicted molar refractivity (Wildman–Crippen MR) is 66.2 cm³/mol. The van der Waals surface area contributed by atoms with E-state index in [-0.39, 0.29) is 0 Å². The molecule has 1 aromatic rings. The number of rotatable bonds is 8. The second-order valence-corrected chi connectivity index (χ2v) is 4.86. The summed E-state index contributed by atoms with van der Waals surface area (Å²) in [5.41, 5.74) is 0. The third kappa shape index (κ3) is 5.85. The molecule has 1 N–H and O–H groups in total. The van der Waals surface area contributed by atoms with Gasteiger partial charge in [-0.2, -0.15) is 0 Å². The molecule has 1 unspecified atom stereocenters. The quantitative estimate of drug-likeness (QED) is 0.687. The van der Waals surface area contributed by atoms with Crippen molar-refractivity contribution in [2.24, 2.45) is 5.92 Å². The van der Waals surface area contributed by atoms with Crippen molar-refractivity contribution >= 4 is 0 Å². The first kappa shape index (κ1) is 13.2. The maximum atomic E-state index is 3.93. The second-order valence-electron chi connectivity index (χ2n) is 4.86. The maximum Gasteiger partial charge on any atom is 0.0692 e. The molecule has 0 aliphatic heterocycles. The van der Waals surface area contributed by atoms with Gasteiger partial charge in [-0.3, -0.25) is 4.68 Å². The van der Waals surface area contributed by atoms with Crippen LogP contribution in [0.2, 0.25) is 0 Å². The Kier molecular flexibility index (Phi) is 6.08. The maximum absolute atomic E-state index is 3.93. The van der Waals surface area contributed by atoms with Crippen LogP contribution in [0, 0.1) is 5.92 Å². The number of nitrogens with zero attached hydrogens (tertiary/aromatic N) is 3. The molecule has 0 aliphatic carbocycles. The minimum Gasteiger partial charge on any atom is -0.314 e. The van der Waals surface area contributed by atoms with Crippen LogP contribution in [0.15, 0.2) is 12.4 Å². The summed E-state index contributed by atoms with van der Waals surface area (Å²) in [6.07, 6.45) is 7.24. The molecule has 1 atom stereocenters. The normalized spacial score (nSPS) is 13.2. The molecule has 0 saturated carbocycles. The molecular weight excluding hydrogens is 200 g/mol. The van der Waals surface area contributed by atoms with Gasteiger partial charge in [0.25, 0.3) is 0 Å². The van der Waals surface area contributed by atoms with Gasteiger partial charge < -0.3 is 5.32 Å². The Bertz CT molecular complexity index is 256. The van der Waals surface area contributed by atoms with E-state index in [1.54, 1.807) is 6.20 Å². The average molecular weight is 224 g/mol. The van der Waals surface area contributed by atoms with Crippen molar-refractivity contribution in [1.82, 2.24) is 20.3 Å². The molecule has 0 spiro atoms. The van der Waals surface area contributed by atoms with Gasteiger partial charge >= 0.3 is 0 Å². The lowest BCUT2D eigenvalue weighted by Crippen LogP contribution is -2.28. The molecule has 0 aliphatic rings. The van der Waals surface area contributed by atoms with Crippen LogP contribution < -0.4 is 5.32 Å². The summed E-state index contributed by atoms with van der Waals surface area (Å²) >= 11 is 0. The van der Waals surface area contributed by atoms with Gasteiger partial charge in [-0.25, -0.2) is 0 Å². The van der Waals surface area contributed by atoms with Gasteiger partial charge in [0.05, 0.1) is 6.20 Å². The summed E-state index contributed by atoms with van der Waals surface area (Å²) < 4.78 is 1.89. The van der Waals surface area contributed by atoms with E-state index in [9.17, 15) is 0 Å². The molecule has 0 fully saturated rings. The van der Waals surface area contributed by atoms with Gasteiger partial charge in [-0.15, -0.1) is 5.10 Å². The van der Waals surface area contributed by atoms with Crippen molar-refractivity contribution in [3.8, 4) is 0 Å². The summed E-state index contributed by atoms with van der Waals surface area (Å²) in [5.74, 6) is 0.776. The highest BCUT2D eigenvalue weighted by atomic mass is 15.4. The van der Waals surface area contributed by atoms with Gasteiger partial charge in [0.15, 0.2) is 0 Å². The molecule has 16 heavy (non-hydrogen) atoms. The third-order valence-electron chi connectivity index (χ3n) is 2.60. The number of nitrogens with one attached hydrogen (secondary N) is 1. The molecule has 0 radical (unpaired) electrons. The minimum absolute atomic E-state index is 0.631. The molecule has 1 heterocycles. The van der Waals surface area contributed by atoms with E-state index in [4.69, 9.17) is 0 Å². The van der Waals surface area contributed by atoms with Crippen LogP contribution in [0.25, 0.3) is 0 Å². The second kappa shape index (κ2) is 7.39. The molecule has 0 aromatic carbocycles. The monoisotopic (exact) mass is 224 g/mol. The molecule has 1 rings (SSSR count). The molecule has 1 aromatic heterocycles. The standard InChI is InChI=1S/C12H24N4/c1-11(2)10-12(3)13-6-4-5-8-16-9-7-14-15-16/h7,9,11-13H,4-6,8,10H2,1-3H3. The van der Waals surface area contributed by atoms with Crippen LogP contribution in [0.4, 0.5) is 0 Å². The Balaban J connectivity index is 1.95. The highest BCUT2D eigenvalue weighted by molar-refractivity contribution is 4.65. The largest absolute Gasteiger partial charge is 0.314 e. The first-order valence-electron chi connectivity index (χ1n) is 6.26. The smallest absolute Gasteiger partial charge is 0.0692 e. The van der Waals surface area contributed by atoms with Crippen molar-refractivity contribution < 1.29 is 0 Å². The van der Waals surface area contributed by atoms with Crippen LogP contribution in [-0.2, 0) is 6.54 Å². The number of aryl methyl sites for hydroxylation is 1. The molecule has 0 bridgehead atoms. The zero-order valence-electron chi connectivity index (χ0n) is 10.7. The third-order valence-corrected chi connectivity index (χ3v) is 2.60. The fourth-order valence-electron chi connectivity index (χ4n) is 1.89. The average Bonchev–Trinajstić information content (AvgIpc) is 2.68. The van der Waals surface area contributed by atoms with Crippen LogP contribution in [0.3, 0.4) is 0 Å². The van der Waals surface area contributed by atoms with Gasteiger partial charge in [-0.05, 0) is 38.6 Å². The molecule has 0 saturated heterocycles. The Morgan fingerprint density at radius 2 is 2.06 bits per heavy atom. The molecule has 4 heteroatoms. The molecule has 92 valence electrons. The zero-order valence-corrected chi connectivity index (χ0v) is 10.7. The van der Waals surface area contributed by atoms with E-state index >= 15 is 0 Å². The molecule has 4 nitrogen and oxygen atoms in total. The Morgan fingerprint density at radius 1 is 1.25 bits per heavy atom. The summed E-state index contributed by atoms with van der Waals surface area (Å²) in [4.78, 5) is 0. The first-order chi connectivity index (χ1) is 7.68. The number of hydrogen-bond acceptors (Lipinski definition) is 3. The highest BCUT2D eigenvalue weighted by Crippen LogP contribution is 2.03. The van der Waals surface area contributed by atoms with Crippen molar-refractivity contribution in [3.05, 3.63) is 12.4 Å². The van der Waals surface area contributed by atoms with Crippen LogP contribution in [0.5, 0.6) is 0 Å². The molecule has 0 amide bonds. The van der Waals surface area contributed by atoms with Crippen LogP contribution in [-0.4, -0.2) is 27.6 Å². The van der Waals surface area contributed by atoms with Crippen LogP contribution >= 0.6 is 0 Å². The van der Waals surface area contributed by atoms with Crippen molar-refractivity contribution in [2.75, 3.05) is 6.54 Å². The topological polar surface area (TPSA) is 42.7 Å². The van der Waals surface area contributed by atoms with E-state index < -0.39 is 0 Å². The lowest BCUT2D eigenvalue weighted by atomic mass is 10.1. The fourth-order valence-corrected chi connectivity index (χ4v) is 1.89. The number of aromatic nitrogens is 3. The minimum atomic E-state index is 0.631. The van der Waals surface area contributed by atoms with Crippen LogP contribution in [0.1, 0.15) is 40.0 Å². The number of unbranched alkanes of at least 4 members (excludes halogenated alkanes) is 1. The highest BCUT2D eigenvalue weighted by Gasteiger charge is 2.03. The van der Waals surface area contributed by atoms with E-state index in [2.05, 4.69) is 36.4 Å². The van der Waals surface area contributed by atoms with E-state index in [1.807, 2.05) is 10.9 Å². The SMILES string of the molecule is CC(C)CC(C)NCCCCn1ccnn1. The zero-order chi connectivity index (χ0) is 11.8. The Morgan fingerprint density at radius 3 is 2.69 bits per heavy atom. The summed E-state index contributed by atoms with van der Waals surface area (Å²) in [6, 6.07) is 0.631. The molecular formula is C12H24N4. The summed E-state index contributed by atoms with van der Waals surface area (Å²) in [5, 5.41) is 11.3. The first-order valence-corrected chi connectivity index (χ1v) is 6.26. The Labute approximate surface area is 98.4 Å². The van der Waals surface area contributed by atoms with Gasteiger partial charge in [0.1, 0.15) is 0 Å². The van der Waals surface area contributed by atoms with Gasteiger partial charge in [-0.1, -0.05) is 19.1 Å². The van der Waals surface area contributed by atoms with Gasteiger partial charge in [0, 0.05) is 18.8 Å². The van der Waals surface area contributed by atoms with Crippen molar-refractivity contribution in [2.45, 2.75) is 52.6 Å². The van der Waals surface area contributed by atoms with Gasteiger partial charge in [0.2, 0.25) is 0 Å². The summed E-state index contributed by atoms with van der Waals surface area (Å²) in [6.45, 7) is 8.87. The predicted octanol–water partition coefficient (Wildman–Crippen LogP) is 2.08. The fraction of sp³-hybridized carbons (Fsp3) is 0.833. The number of hydrogen-bond donors (Lipinski definition) is 1. The van der Waals surface area contributed by atoms with Crippen molar-refractivity contribution in [3.63, 3.8) is 0 Å². The van der Waals surface area contributed by atoms with E-state index in [1.165, 1.54) is 12.8 Å². The van der Waals surface area contributed by atoms with E-state index in [0.29, 0.717) is 6.04 Å². The summed E-state index contributed by atoms with van der Waals surface area (Å²) in [7, 11) is 0. The van der Waals surface area contributed by atoms with Crippen molar-refractivity contribution in [1.29, 1.82) is 0 Å². The van der Waals surface area contributed by atoms with E-state index in [0.717, 1.165) is 25.4 Å².